The molecule has 1 aliphatic rings. The molecule has 1 atom stereocenters. The molecule has 2 heterocycles. The third-order valence-electron chi connectivity index (χ3n) is 3.96. The van der Waals surface area contributed by atoms with Crippen LogP contribution in [0.1, 0.15) is 24.6 Å². The minimum Gasteiger partial charge on any atom is -0.379 e. The molecule has 0 fully saturated rings. The number of nitrogens with zero attached hydrogens (tertiary/aromatic N) is 2. The average molecular weight is 429 g/mol. The van der Waals surface area contributed by atoms with Crippen LogP contribution in [-0.4, -0.2) is 22.3 Å². The molecule has 0 aliphatic carbocycles. The lowest BCUT2D eigenvalue weighted by molar-refractivity contribution is -0.105. The van der Waals surface area contributed by atoms with E-state index in [1.807, 2.05) is 13.8 Å². The second-order valence-electron chi connectivity index (χ2n) is 6.00. The highest BCUT2D eigenvalue weighted by molar-refractivity contribution is 8.13. The summed E-state index contributed by atoms with van der Waals surface area (Å²) in [6.07, 6.45) is 2.84. The number of rotatable bonds is 3. The van der Waals surface area contributed by atoms with Gasteiger partial charge in [-0.25, -0.2) is 4.39 Å². The first kappa shape index (κ1) is 21.5. The fraction of sp³-hybridized carbons (Fsp3) is 0.278. The molecule has 9 heteroatoms. The number of pyridine rings is 1. The molecule has 27 heavy (non-hydrogen) atoms. The van der Waals surface area contributed by atoms with Crippen molar-refractivity contribution in [2.24, 2.45) is 10.7 Å². The first-order chi connectivity index (χ1) is 12.7. The smallest absolute Gasteiger partial charge is 0.211 e. The summed E-state index contributed by atoms with van der Waals surface area (Å²) in [7, 11) is 0. The molecule has 3 rings (SSSR count). The molecule has 1 aromatic carbocycles. The molecular weight excluding hydrogens is 410 g/mol. The van der Waals surface area contributed by atoms with Gasteiger partial charge in [0.1, 0.15) is 5.82 Å². The van der Waals surface area contributed by atoms with Gasteiger partial charge in [-0.05, 0) is 44.5 Å². The summed E-state index contributed by atoms with van der Waals surface area (Å²) >= 11 is 12.7. The van der Waals surface area contributed by atoms with E-state index in [9.17, 15) is 9.18 Å². The summed E-state index contributed by atoms with van der Waals surface area (Å²) in [4.78, 5) is 18.7. The number of hydrogen-bond donors (Lipinski definition) is 2. The Bertz CT molecular complexity index is 865. The van der Waals surface area contributed by atoms with Crippen molar-refractivity contribution in [3.8, 4) is 0 Å². The van der Waals surface area contributed by atoms with Crippen LogP contribution in [0.15, 0.2) is 35.5 Å². The predicted octanol–water partition coefficient (Wildman–Crippen LogP) is 4.76. The number of aryl methyl sites for hydroxylation is 1. The molecule has 0 spiro atoms. The van der Waals surface area contributed by atoms with Gasteiger partial charge in [0.2, 0.25) is 6.41 Å². The SMILES string of the molecule is CC1(c2cc(NC=O)ccc2F)CCSC(N)=N1.Cc1ncc(Cl)cc1Cl. The lowest BCUT2D eigenvalue weighted by Gasteiger charge is -2.30. The van der Waals surface area contributed by atoms with E-state index < -0.39 is 5.54 Å². The Balaban J connectivity index is 0.000000244. The van der Waals surface area contributed by atoms with Crippen molar-refractivity contribution in [2.75, 3.05) is 11.1 Å². The first-order valence-electron chi connectivity index (χ1n) is 8.01. The van der Waals surface area contributed by atoms with E-state index in [4.69, 9.17) is 28.9 Å². The number of nitrogens with one attached hydrogen (secondary N) is 1. The zero-order chi connectivity index (χ0) is 20.0. The number of halogens is 3. The number of amidine groups is 1. The lowest BCUT2D eigenvalue weighted by atomic mass is 9.89. The molecule has 1 amide bonds. The Kier molecular flexibility index (Phi) is 7.47. The molecule has 2 aromatic rings. The molecule has 144 valence electrons. The Morgan fingerprint density at radius 2 is 2.11 bits per heavy atom. The van der Waals surface area contributed by atoms with Crippen LogP contribution in [0, 0.1) is 12.7 Å². The van der Waals surface area contributed by atoms with Crippen LogP contribution in [0.3, 0.4) is 0 Å². The van der Waals surface area contributed by atoms with Crippen LogP contribution in [0.2, 0.25) is 10.0 Å². The minimum atomic E-state index is -0.667. The van der Waals surface area contributed by atoms with Gasteiger partial charge < -0.3 is 11.1 Å². The summed E-state index contributed by atoms with van der Waals surface area (Å²) in [6, 6.07) is 6.13. The fourth-order valence-electron chi connectivity index (χ4n) is 2.46. The zero-order valence-electron chi connectivity index (χ0n) is 14.8. The van der Waals surface area contributed by atoms with Crippen molar-refractivity contribution < 1.29 is 9.18 Å². The maximum atomic E-state index is 13.9. The van der Waals surface area contributed by atoms with Crippen LogP contribution < -0.4 is 11.1 Å². The first-order valence-corrected chi connectivity index (χ1v) is 9.75. The van der Waals surface area contributed by atoms with Crippen molar-refractivity contribution in [3.63, 3.8) is 0 Å². The molecule has 0 radical (unpaired) electrons. The minimum absolute atomic E-state index is 0.336. The van der Waals surface area contributed by atoms with Crippen LogP contribution in [-0.2, 0) is 10.3 Å². The number of benzene rings is 1. The van der Waals surface area contributed by atoms with Crippen LogP contribution in [0.25, 0.3) is 0 Å². The molecule has 1 aromatic heterocycles. The highest BCUT2D eigenvalue weighted by Crippen LogP contribution is 2.37. The Morgan fingerprint density at radius 1 is 1.37 bits per heavy atom. The van der Waals surface area contributed by atoms with Gasteiger partial charge in [0.15, 0.2) is 5.17 Å². The second-order valence-corrected chi connectivity index (χ2v) is 7.96. The van der Waals surface area contributed by atoms with Crippen LogP contribution in [0.5, 0.6) is 0 Å². The van der Waals surface area contributed by atoms with E-state index in [2.05, 4.69) is 15.3 Å². The normalized spacial score (nSPS) is 18.8. The Morgan fingerprint density at radius 3 is 2.70 bits per heavy atom. The number of carbonyl (C=O) groups is 1. The largest absolute Gasteiger partial charge is 0.379 e. The molecule has 1 aliphatic heterocycles. The van der Waals surface area contributed by atoms with Gasteiger partial charge in [-0.3, -0.25) is 14.8 Å². The van der Waals surface area contributed by atoms with Crippen molar-refractivity contribution >= 4 is 52.2 Å². The number of carbonyl (C=O) groups excluding carboxylic acids is 1. The number of amides is 1. The van der Waals surface area contributed by atoms with Gasteiger partial charge in [-0.2, -0.15) is 0 Å². The second kappa shape index (κ2) is 9.39. The third-order valence-corrected chi connectivity index (χ3v) is 5.34. The van der Waals surface area contributed by atoms with Gasteiger partial charge in [-0.1, -0.05) is 35.0 Å². The number of aromatic nitrogens is 1. The van der Waals surface area contributed by atoms with E-state index in [1.54, 1.807) is 18.3 Å². The van der Waals surface area contributed by atoms with E-state index in [1.165, 1.54) is 23.9 Å². The lowest BCUT2D eigenvalue weighted by Crippen LogP contribution is -2.29. The molecular formula is C18H19Cl2FN4OS. The quantitative estimate of drug-likeness (QED) is 0.690. The highest BCUT2D eigenvalue weighted by Gasteiger charge is 2.32. The summed E-state index contributed by atoms with van der Waals surface area (Å²) < 4.78 is 13.9. The number of aliphatic imine (C=N–C) groups is 1. The van der Waals surface area contributed by atoms with Gasteiger partial charge in [0.05, 0.1) is 21.3 Å². The molecule has 0 bridgehead atoms. The fourth-order valence-corrected chi connectivity index (χ4v) is 3.81. The summed E-state index contributed by atoms with van der Waals surface area (Å²) in [5, 5.41) is 4.17. The van der Waals surface area contributed by atoms with E-state index in [0.29, 0.717) is 39.3 Å². The average Bonchev–Trinajstić information content (AvgIpc) is 2.60. The monoisotopic (exact) mass is 428 g/mol. The van der Waals surface area contributed by atoms with Gasteiger partial charge in [0.25, 0.3) is 0 Å². The number of thioether (sulfide) groups is 1. The van der Waals surface area contributed by atoms with Crippen molar-refractivity contribution in [3.05, 3.63) is 57.6 Å². The zero-order valence-corrected chi connectivity index (χ0v) is 17.1. The van der Waals surface area contributed by atoms with Crippen molar-refractivity contribution in [1.82, 2.24) is 4.98 Å². The molecule has 3 N–H and O–H groups in total. The summed E-state index contributed by atoms with van der Waals surface area (Å²) in [5.41, 5.74) is 6.86. The number of anilines is 1. The Labute approximate surface area is 171 Å². The van der Waals surface area contributed by atoms with Crippen LogP contribution >= 0.6 is 35.0 Å². The van der Waals surface area contributed by atoms with Gasteiger partial charge in [-0.15, -0.1) is 0 Å². The van der Waals surface area contributed by atoms with Crippen molar-refractivity contribution in [1.29, 1.82) is 0 Å². The summed E-state index contributed by atoms with van der Waals surface area (Å²) in [6.45, 7) is 3.68. The van der Waals surface area contributed by atoms with Gasteiger partial charge >= 0.3 is 0 Å². The van der Waals surface area contributed by atoms with E-state index in [-0.39, 0.29) is 5.82 Å². The molecule has 1 unspecified atom stereocenters. The standard InChI is InChI=1S/C12H14FN3OS.C6H5Cl2N/c1-12(4-5-18-11(14)16-12)9-6-8(15-7-17)2-3-10(9)13;1-4-6(8)2-5(7)3-9-4/h2-3,6-7H,4-5H2,1H3,(H2,14,16)(H,15,17);2-3H,1H3. The van der Waals surface area contributed by atoms with Crippen molar-refractivity contribution in [2.45, 2.75) is 25.8 Å². The van der Waals surface area contributed by atoms with Gasteiger partial charge in [0, 0.05) is 23.2 Å². The third kappa shape index (κ3) is 5.82. The molecule has 0 saturated carbocycles. The predicted molar refractivity (Wildman–Crippen MR) is 111 cm³/mol. The maximum absolute atomic E-state index is 13.9. The summed E-state index contributed by atoms with van der Waals surface area (Å²) in [5.74, 6) is 0.466. The maximum Gasteiger partial charge on any atom is 0.211 e. The van der Waals surface area contributed by atoms with E-state index >= 15 is 0 Å². The van der Waals surface area contributed by atoms with E-state index in [0.717, 1.165) is 11.4 Å². The Hall–Kier alpha value is -1.83. The highest BCUT2D eigenvalue weighted by atomic mass is 35.5. The number of nitrogens with two attached hydrogens (primary N) is 1. The number of hydrogen-bond acceptors (Lipinski definition) is 5. The van der Waals surface area contributed by atoms with Crippen LogP contribution in [0.4, 0.5) is 10.1 Å². The topological polar surface area (TPSA) is 80.4 Å². The molecule has 0 saturated heterocycles. The molecule has 5 nitrogen and oxygen atoms in total.